The van der Waals surface area contributed by atoms with Crippen LogP contribution in [-0.2, 0) is 14.3 Å². The first kappa shape index (κ1) is 15.8. The standard InChI is InChI=1S/C8H18O2.C2H4O2/c1-4-6-9-7-8(3)10-5-2;1-2(3)4/h8H,4-7H2,1-3H3;1H3,(H,3,4). The lowest BCUT2D eigenvalue weighted by atomic mass is 10.4. The zero-order valence-corrected chi connectivity index (χ0v) is 9.58. The Morgan fingerprint density at radius 3 is 2.29 bits per heavy atom. The van der Waals surface area contributed by atoms with Crippen molar-refractivity contribution < 1.29 is 19.4 Å². The van der Waals surface area contributed by atoms with Crippen molar-refractivity contribution in [1.29, 1.82) is 0 Å². The molecule has 0 rings (SSSR count). The molecule has 0 saturated heterocycles. The summed E-state index contributed by atoms with van der Waals surface area (Å²) in [5.74, 6) is -0.833. The van der Waals surface area contributed by atoms with Gasteiger partial charge in [-0.25, -0.2) is 0 Å². The second-order valence-corrected chi connectivity index (χ2v) is 2.86. The molecule has 0 aromatic carbocycles. The van der Waals surface area contributed by atoms with Crippen LogP contribution in [0.5, 0.6) is 0 Å². The van der Waals surface area contributed by atoms with Crippen LogP contribution in [0.3, 0.4) is 0 Å². The number of aliphatic carboxylic acids is 1. The molecule has 0 amide bonds. The molecule has 14 heavy (non-hydrogen) atoms. The molecule has 0 heterocycles. The summed E-state index contributed by atoms with van der Waals surface area (Å²) in [6.07, 6.45) is 1.33. The molecule has 4 heteroatoms. The lowest BCUT2D eigenvalue weighted by molar-refractivity contribution is -0.134. The van der Waals surface area contributed by atoms with Gasteiger partial charge in [-0.15, -0.1) is 0 Å². The maximum atomic E-state index is 9.00. The van der Waals surface area contributed by atoms with Gasteiger partial charge >= 0.3 is 0 Å². The Balaban J connectivity index is 0. The highest BCUT2D eigenvalue weighted by Crippen LogP contribution is 1.91. The van der Waals surface area contributed by atoms with Gasteiger partial charge in [0.05, 0.1) is 12.7 Å². The second kappa shape index (κ2) is 12.4. The Bertz CT molecular complexity index is 121. The van der Waals surface area contributed by atoms with Crippen LogP contribution >= 0.6 is 0 Å². The van der Waals surface area contributed by atoms with Crippen LogP contribution in [0.4, 0.5) is 0 Å². The van der Waals surface area contributed by atoms with Gasteiger partial charge in [0.25, 0.3) is 5.97 Å². The Kier molecular flexibility index (Phi) is 14.0. The highest BCUT2D eigenvalue weighted by molar-refractivity contribution is 5.62. The highest BCUT2D eigenvalue weighted by atomic mass is 16.5. The third-order valence-electron chi connectivity index (χ3n) is 1.15. The molecule has 0 radical (unpaired) electrons. The van der Waals surface area contributed by atoms with E-state index in [1.807, 2.05) is 13.8 Å². The van der Waals surface area contributed by atoms with Crippen molar-refractivity contribution in [2.75, 3.05) is 19.8 Å². The van der Waals surface area contributed by atoms with Crippen LogP contribution in [0.15, 0.2) is 0 Å². The summed E-state index contributed by atoms with van der Waals surface area (Å²) >= 11 is 0. The van der Waals surface area contributed by atoms with E-state index in [0.717, 1.165) is 33.2 Å². The minimum Gasteiger partial charge on any atom is -0.481 e. The molecular weight excluding hydrogens is 184 g/mol. The molecule has 1 N–H and O–H groups in total. The fourth-order valence-electron chi connectivity index (χ4n) is 0.726. The summed E-state index contributed by atoms with van der Waals surface area (Å²) in [5, 5.41) is 7.42. The number of hydrogen-bond donors (Lipinski definition) is 1. The molecule has 0 spiro atoms. The number of hydrogen-bond acceptors (Lipinski definition) is 3. The van der Waals surface area contributed by atoms with Gasteiger partial charge in [0.1, 0.15) is 0 Å². The summed E-state index contributed by atoms with van der Waals surface area (Å²) in [6, 6.07) is 0. The Morgan fingerprint density at radius 1 is 1.43 bits per heavy atom. The molecule has 86 valence electrons. The number of carbonyl (C=O) groups is 1. The van der Waals surface area contributed by atoms with Crippen molar-refractivity contribution in [3.05, 3.63) is 0 Å². The summed E-state index contributed by atoms with van der Waals surface area (Å²) < 4.78 is 10.5. The SMILES string of the molecule is CC(=O)O.CCCOCC(C)OCC. The van der Waals surface area contributed by atoms with Crippen LogP contribution in [0.2, 0.25) is 0 Å². The quantitative estimate of drug-likeness (QED) is 0.675. The second-order valence-electron chi connectivity index (χ2n) is 2.86. The topological polar surface area (TPSA) is 55.8 Å². The fourth-order valence-corrected chi connectivity index (χ4v) is 0.726. The smallest absolute Gasteiger partial charge is 0.300 e. The third-order valence-corrected chi connectivity index (χ3v) is 1.15. The minimum absolute atomic E-state index is 0.247. The average Bonchev–Trinajstić information content (AvgIpc) is 2.04. The predicted molar refractivity (Wildman–Crippen MR) is 55.5 cm³/mol. The van der Waals surface area contributed by atoms with E-state index < -0.39 is 5.97 Å². The van der Waals surface area contributed by atoms with E-state index in [0.29, 0.717) is 0 Å². The Hall–Kier alpha value is -0.610. The van der Waals surface area contributed by atoms with Gasteiger partial charge in [-0.2, -0.15) is 0 Å². The highest BCUT2D eigenvalue weighted by Gasteiger charge is 1.98. The number of ether oxygens (including phenoxy) is 2. The van der Waals surface area contributed by atoms with E-state index in [1.54, 1.807) is 0 Å². The summed E-state index contributed by atoms with van der Waals surface area (Å²) in [5.41, 5.74) is 0. The first-order valence-corrected chi connectivity index (χ1v) is 4.93. The zero-order valence-electron chi connectivity index (χ0n) is 9.58. The molecule has 1 atom stereocenters. The average molecular weight is 206 g/mol. The monoisotopic (exact) mass is 206 g/mol. The van der Waals surface area contributed by atoms with Gasteiger partial charge in [-0.05, 0) is 20.3 Å². The molecular formula is C10H22O4. The van der Waals surface area contributed by atoms with E-state index in [4.69, 9.17) is 19.4 Å². The fraction of sp³-hybridized carbons (Fsp3) is 0.900. The lowest BCUT2D eigenvalue weighted by Gasteiger charge is -2.10. The molecule has 0 aliphatic heterocycles. The Labute approximate surface area is 86.2 Å². The van der Waals surface area contributed by atoms with Crippen LogP contribution in [0, 0.1) is 0 Å². The van der Waals surface area contributed by atoms with Crippen molar-refractivity contribution in [2.45, 2.75) is 40.2 Å². The van der Waals surface area contributed by atoms with Gasteiger partial charge in [-0.1, -0.05) is 6.92 Å². The van der Waals surface area contributed by atoms with Gasteiger partial charge < -0.3 is 14.6 Å². The summed E-state index contributed by atoms with van der Waals surface area (Å²) in [6.45, 7) is 9.55. The summed E-state index contributed by atoms with van der Waals surface area (Å²) in [4.78, 5) is 9.00. The minimum atomic E-state index is -0.833. The number of carboxylic acid groups (broad SMARTS) is 1. The molecule has 4 nitrogen and oxygen atoms in total. The van der Waals surface area contributed by atoms with Gasteiger partial charge in [0, 0.05) is 20.1 Å². The largest absolute Gasteiger partial charge is 0.481 e. The van der Waals surface area contributed by atoms with Crippen LogP contribution < -0.4 is 0 Å². The van der Waals surface area contributed by atoms with Gasteiger partial charge in [0.2, 0.25) is 0 Å². The molecule has 0 aromatic rings. The van der Waals surface area contributed by atoms with Crippen LogP contribution in [-0.4, -0.2) is 37.0 Å². The van der Waals surface area contributed by atoms with E-state index in [2.05, 4.69) is 6.92 Å². The zero-order chi connectivity index (χ0) is 11.4. The normalized spacial score (nSPS) is 11.4. The number of rotatable bonds is 6. The molecule has 0 bridgehead atoms. The van der Waals surface area contributed by atoms with E-state index in [9.17, 15) is 0 Å². The molecule has 0 fully saturated rings. The van der Waals surface area contributed by atoms with E-state index in [1.165, 1.54) is 0 Å². The predicted octanol–water partition coefficient (Wildman–Crippen LogP) is 1.93. The maximum absolute atomic E-state index is 9.00. The van der Waals surface area contributed by atoms with E-state index >= 15 is 0 Å². The Morgan fingerprint density at radius 2 is 1.93 bits per heavy atom. The molecule has 0 aliphatic rings. The molecule has 0 saturated carbocycles. The lowest BCUT2D eigenvalue weighted by Crippen LogP contribution is -2.15. The third kappa shape index (κ3) is 22.5. The summed E-state index contributed by atoms with van der Waals surface area (Å²) in [7, 11) is 0. The van der Waals surface area contributed by atoms with Crippen molar-refractivity contribution in [3.63, 3.8) is 0 Å². The van der Waals surface area contributed by atoms with Crippen molar-refractivity contribution >= 4 is 5.97 Å². The maximum Gasteiger partial charge on any atom is 0.300 e. The van der Waals surface area contributed by atoms with Gasteiger partial charge in [-0.3, -0.25) is 4.79 Å². The molecule has 0 aliphatic carbocycles. The molecule has 1 unspecified atom stereocenters. The van der Waals surface area contributed by atoms with Gasteiger partial charge in [0.15, 0.2) is 0 Å². The van der Waals surface area contributed by atoms with Crippen molar-refractivity contribution in [3.8, 4) is 0 Å². The van der Waals surface area contributed by atoms with Crippen LogP contribution in [0.1, 0.15) is 34.1 Å². The van der Waals surface area contributed by atoms with E-state index in [-0.39, 0.29) is 6.10 Å². The van der Waals surface area contributed by atoms with Crippen LogP contribution in [0.25, 0.3) is 0 Å². The van der Waals surface area contributed by atoms with Crippen molar-refractivity contribution in [2.24, 2.45) is 0 Å². The first-order valence-electron chi connectivity index (χ1n) is 4.93. The van der Waals surface area contributed by atoms with Crippen molar-refractivity contribution in [1.82, 2.24) is 0 Å². The number of carboxylic acids is 1. The molecule has 0 aromatic heterocycles. The first-order chi connectivity index (χ1) is 6.54.